The van der Waals surface area contributed by atoms with Crippen molar-refractivity contribution in [2.45, 2.75) is 19.6 Å². The highest BCUT2D eigenvalue weighted by Gasteiger charge is 2.11. The summed E-state index contributed by atoms with van der Waals surface area (Å²) in [5.74, 6) is 0.410. The Morgan fingerprint density at radius 1 is 1.35 bits per heavy atom. The number of para-hydroxylation sites is 1. The molecule has 0 atom stereocenters. The van der Waals surface area contributed by atoms with Gasteiger partial charge in [0.25, 0.3) is 0 Å². The van der Waals surface area contributed by atoms with Crippen molar-refractivity contribution in [3.8, 4) is 5.75 Å². The van der Waals surface area contributed by atoms with Crippen molar-refractivity contribution in [2.24, 2.45) is 5.73 Å². The Balaban J connectivity index is 2.05. The van der Waals surface area contributed by atoms with Crippen LogP contribution in [0.15, 0.2) is 28.8 Å². The van der Waals surface area contributed by atoms with Crippen LogP contribution in [0.4, 0.5) is 4.39 Å². The first-order valence-corrected chi connectivity index (χ1v) is 6.28. The average Bonchev–Trinajstić information content (AvgIpc) is 2.87. The number of aromatic nitrogens is 1. The van der Waals surface area contributed by atoms with Crippen molar-refractivity contribution >= 4 is 0 Å². The van der Waals surface area contributed by atoms with E-state index in [9.17, 15) is 4.39 Å². The van der Waals surface area contributed by atoms with Crippen LogP contribution < -0.4 is 10.5 Å². The van der Waals surface area contributed by atoms with Gasteiger partial charge in [0.05, 0.1) is 0 Å². The molecule has 0 saturated heterocycles. The summed E-state index contributed by atoms with van der Waals surface area (Å²) in [6, 6.07) is 6.51. The molecule has 0 aliphatic rings. The molecular weight excluding hydrogens is 263 g/mol. The molecule has 0 unspecified atom stereocenters. The van der Waals surface area contributed by atoms with E-state index < -0.39 is 5.82 Å². The van der Waals surface area contributed by atoms with Crippen molar-refractivity contribution in [3.05, 3.63) is 47.1 Å². The molecule has 0 saturated carbocycles. The third-order valence-electron chi connectivity index (χ3n) is 2.72. The van der Waals surface area contributed by atoms with Gasteiger partial charge in [-0.3, -0.25) is 0 Å². The Morgan fingerprint density at radius 3 is 2.95 bits per heavy atom. The van der Waals surface area contributed by atoms with Crippen molar-refractivity contribution in [1.29, 1.82) is 0 Å². The standard InChI is InChI=1S/C14H17FN2O3/c1-18-9-12-7-11(17-20-12)8-19-14-10(5-6-16)3-2-4-13(14)15/h2-4,7H,5-6,8-9,16H2,1H3. The highest BCUT2D eigenvalue weighted by Crippen LogP contribution is 2.24. The molecule has 6 heteroatoms. The van der Waals surface area contributed by atoms with E-state index in [0.717, 1.165) is 5.56 Å². The smallest absolute Gasteiger partial charge is 0.165 e. The van der Waals surface area contributed by atoms with Crippen molar-refractivity contribution in [1.82, 2.24) is 5.16 Å². The number of methoxy groups -OCH3 is 1. The molecule has 0 bridgehead atoms. The highest BCUT2D eigenvalue weighted by atomic mass is 19.1. The molecule has 0 aliphatic heterocycles. The minimum atomic E-state index is -0.406. The zero-order valence-electron chi connectivity index (χ0n) is 11.3. The Bertz CT molecular complexity index is 557. The van der Waals surface area contributed by atoms with Gasteiger partial charge < -0.3 is 19.7 Å². The Kier molecular flexibility index (Phi) is 5.09. The molecule has 20 heavy (non-hydrogen) atoms. The second-order valence-corrected chi connectivity index (χ2v) is 4.27. The SMILES string of the molecule is COCc1cc(COc2c(F)cccc2CCN)no1. The van der Waals surface area contributed by atoms with Gasteiger partial charge in [-0.05, 0) is 24.6 Å². The third-order valence-corrected chi connectivity index (χ3v) is 2.72. The number of benzene rings is 1. The maximum Gasteiger partial charge on any atom is 0.165 e. The van der Waals surface area contributed by atoms with Crippen LogP contribution in [0.25, 0.3) is 0 Å². The monoisotopic (exact) mass is 280 g/mol. The van der Waals surface area contributed by atoms with E-state index in [1.807, 2.05) is 0 Å². The first-order chi connectivity index (χ1) is 9.74. The Hall–Kier alpha value is -1.92. The van der Waals surface area contributed by atoms with Gasteiger partial charge >= 0.3 is 0 Å². The van der Waals surface area contributed by atoms with Gasteiger partial charge in [-0.15, -0.1) is 0 Å². The molecule has 0 spiro atoms. The zero-order chi connectivity index (χ0) is 14.4. The molecule has 1 heterocycles. The zero-order valence-corrected chi connectivity index (χ0v) is 11.3. The molecule has 2 N–H and O–H groups in total. The number of halogens is 1. The van der Waals surface area contributed by atoms with Crippen LogP contribution in [0, 0.1) is 5.82 Å². The van der Waals surface area contributed by atoms with Gasteiger partial charge in [-0.2, -0.15) is 0 Å². The summed E-state index contributed by atoms with van der Waals surface area (Å²) in [5, 5.41) is 3.83. The molecular formula is C14H17FN2O3. The minimum absolute atomic E-state index is 0.131. The number of rotatable bonds is 7. The molecule has 1 aromatic carbocycles. The number of hydrogen-bond donors (Lipinski definition) is 1. The molecule has 1 aromatic heterocycles. The first-order valence-electron chi connectivity index (χ1n) is 6.28. The maximum atomic E-state index is 13.8. The van der Waals surface area contributed by atoms with Crippen LogP contribution in [0.2, 0.25) is 0 Å². The first kappa shape index (κ1) is 14.5. The lowest BCUT2D eigenvalue weighted by Crippen LogP contribution is -2.06. The van der Waals surface area contributed by atoms with Crippen LogP contribution >= 0.6 is 0 Å². The van der Waals surface area contributed by atoms with Crippen LogP contribution in [0.1, 0.15) is 17.0 Å². The number of ether oxygens (including phenoxy) is 2. The van der Waals surface area contributed by atoms with Crippen LogP contribution in [-0.4, -0.2) is 18.8 Å². The number of hydrogen-bond acceptors (Lipinski definition) is 5. The largest absolute Gasteiger partial charge is 0.484 e. The second-order valence-electron chi connectivity index (χ2n) is 4.27. The lowest BCUT2D eigenvalue weighted by atomic mass is 10.1. The quantitative estimate of drug-likeness (QED) is 0.840. The van der Waals surface area contributed by atoms with E-state index in [-0.39, 0.29) is 12.4 Å². The molecule has 108 valence electrons. The summed E-state index contributed by atoms with van der Waals surface area (Å²) in [5.41, 5.74) is 6.83. The maximum absolute atomic E-state index is 13.8. The fraction of sp³-hybridized carbons (Fsp3) is 0.357. The third kappa shape index (κ3) is 3.55. The summed E-state index contributed by atoms with van der Waals surface area (Å²) >= 11 is 0. The predicted octanol–water partition coefficient (Wildman–Crippen LogP) is 2.04. The van der Waals surface area contributed by atoms with Crippen LogP contribution in [0.5, 0.6) is 5.75 Å². The predicted molar refractivity (Wildman–Crippen MR) is 70.7 cm³/mol. The van der Waals surface area contributed by atoms with Crippen molar-refractivity contribution < 1.29 is 18.4 Å². The Morgan fingerprint density at radius 2 is 2.20 bits per heavy atom. The Labute approximate surface area is 116 Å². The summed E-state index contributed by atoms with van der Waals surface area (Å²) in [6.07, 6.45) is 0.556. The summed E-state index contributed by atoms with van der Waals surface area (Å²) in [7, 11) is 1.57. The minimum Gasteiger partial charge on any atom is -0.484 e. The van der Waals surface area contributed by atoms with E-state index >= 15 is 0 Å². The summed E-state index contributed by atoms with van der Waals surface area (Å²) in [6.45, 7) is 0.901. The van der Waals surface area contributed by atoms with Gasteiger partial charge in [0, 0.05) is 13.2 Å². The van der Waals surface area contributed by atoms with E-state index in [2.05, 4.69) is 5.16 Å². The van der Waals surface area contributed by atoms with Crippen molar-refractivity contribution in [3.63, 3.8) is 0 Å². The average molecular weight is 280 g/mol. The summed E-state index contributed by atoms with van der Waals surface area (Å²) < 4.78 is 29.2. The molecule has 0 radical (unpaired) electrons. The van der Waals surface area contributed by atoms with E-state index in [4.69, 9.17) is 19.7 Å². The van der Waals surface area contributed by atoms with E-state index in [1.54, 1.807) is 25.3 Å². The van der Waals surface area contributed by atoms with Crippen LogP contribution in [-0.2, 0) is 24.4 Å². The van der Waals surface area contributed by atoms with E-state index in [1.165, 1.54) is 6.07 Å². The molecule has 0 amide bonds. The topological polar surface area (TPSA) is 70.5 Å². The number of nitrogens with two attached hydrogens (primary N) is 1. The molecule has 0 aliphatic carbocycles. The van der Waals surface area contributed by atoms with Gasteiger partial charge in [-0.25, -0.2) is 4.39 Å². The molecule has 5 nitrogen and oxygen atoms in total. The summed E-state index contributed by atoms with van der Waals surface area (Å²) in [4.78, 5) is 0. The highest BCUT2D eigenvalue weighted by molar-refractivity contribution is 5.35. The molecule has 2 rings (SSSR count). The van der Waals surface area contributed by atoms with Gasteiger partial charge in [0.2, 0.25) is 0 Å². The molecule has 0 fully saturated rings. The normalized spacial score (nSPS) is 10.8. The van der Waals surface area contributed by atoms with E-state index in [0.29, 0.717) is 31.0 Å². The number of nitrogens with zero attached hydrogens (tertiary/aromatic N) is 1. The second kappa shape index (κ2) is 7.02. The molecule has 2 aromatic rings. The lowest BCUT2D eigenvalue weighted by molar-refractivity contribution is 0.155. The van der Waals surface area contributed by atoms with Crippen LogP contribution in [0.3, 0.4) is 0 Å². The van der Waals surface area contributed by atoms with Crippen molar-refractivity contribution in [2.75, 3.05) is 13.7 Å². The lowest BCUT2D eigenvalue weighted by Gasteiger charge is -2.10. The van der Waals surface area contributed by atoms with Gasteiger partial charge in [-0.1, -0.05) is 17.3 Å². The van der Waals surface area contributed by atoms with Gasteiger partial charge in [0.15, 0.2) is 17.3 Å². The fourth-order valence-corrected chi connectivity index (χ4v) is 1.85. The fourth-order valence-electron chi connectivity index (χ4n) is 1.85. The van der Waals surface area contributed by atoms with Gasteiger partial charge in [0.1, 0.15) is 18.9 Å².